The number of nitrogens with zero attached hydrogens (tertiary/aromatic N) is 1. The van der Waals surface area contributed by atoms with E-state index in [0.29, 0.717) is 23.7 Å². The van der Waals surface area contributed by atoms with Crippen LogP contribution in [0.15, 0.2) is 24.3 Å². The molecule has 0 unspecified atom stereocenters. The molecule has 1 saturated heterocycles. The molecule has 4 nitrogen and oxygen atoms in total. The van der Waals surface area contributed by atoms with Crippen LogP contribution >= 0.6 is 24.0 Å². The Morgan fingerprint density at radius 2 is 1.90 bits per heavy atom. The quantitative estimate of drug-likeness (QED) is 0.843. The second kappa shape index (κ2) is 9.26. The summed E-state index contributed by atoms with van der Waals surface area (Å²) in [7, 11) is 0. The number of hydrogen-bond acceptors (Lipinski definition) is 3. The van der Waals surface area contributed by atoms with Crippen LogP contribution in [0.3, 0.4) is 0 Å². The lowest BCUT2D eigenvalue weighted by atomic mass is 10.1. The molecule has 2 rings (SSSR count). The number of piperidine rings is 1. The predicted molar refractivity (Wildman–Crippen MR) is 87.2 cm³/mol. The van der Waals surface area contributed by atoms with Crippen molar-refractivity contribution in [1.82, 2.24) is 4.90 Å². The molecule has 0 spiro atoms. The highest BCUT2D eigenvalue weighted by Gasteiger charge is 2.23. The first-order valence-corrected chi connectivity index (χ1v) is 7.45. The zero-order valence-corrected chi connectivity index (χ0v) is 13.5. The Morgan fingerprint density at radius 3 is 2.48 bits per heavy atom. The van der Waals surface area contributed by atoms with Crippen molar-refractivity contribution < 1.29 is 9.53 Å². The van der Waals surface area contributed by atoms with Gasteiger partial charge in [-0.3, -0.25) is 4.79 Å². The number of halogens is 2. The summed E-state index contributed by atoms with van der Waals surface area (Å²) >= 11 is 5.83. The van der Waals surface area contributed by atoms with Gasteiger partial charge in [-0.05, 0) is 50.1 Å². The molecule has 1 aromatic rings. The third kappa shape index (κ3) is 5.47. The summed E-state index contributed by atoms with van der Waals surface area (Å²) in [6.45, 7) is 2.86. The van der Waals surface area contributed by atoms with Crippen LogP contribution in [-0.2, 0) is 4.74 Å². The summed E-state index contributed by atoms with van der Waals surface area (Å²) in [4.78, 5) is 14.2. The number of carbonyl (C=O) groups excluding carboxylic acids is 1. The van der Waals surface area contributed by atoms with Gasteiger partial charge in [0.25, 0.3) is 5.91 Å². The number of benzene rings is 1. The molecule has 0 radical (unpaired) electrons. The topological polar surface area (TPSA) is 55.6 Å². The van der Waals surface area contributed by atoms with E-state index in [0.717, 1.165) is 32.4 Å². The van der Waals surface area contributed by atoms with Crippen LogP contribution in [-0.4, -0.2) is 43.2 Å². The monoisotopic (exact) mass is 332 g/mol. The molecule has 1 aromatic carbocycles. The van der Waals surface area contributed by atoms with Crippen molar-refractivity contribution in [3.05, 3.63) is 34.9 Å². The molecule has 6 heteroatoms. The zero-order chi connectivity index (χ0) is 14.4. The Labute approximate surface area is 137 Å². The highest BCUT2D eigenvalue weighted by molar-refractivity contribution is 6.30. The first kappa shape index (κ1) is 18.2. The van der Waals surface area contributed by atoms with Crippen molar-refractivity contribution in [2.75, 3.05) is 26.2 Å². The van der Waals surface area contributed by atoms with Gasteiger partial charge in [-0.15, -0.1) is 12.4 Å². The highest BCUT2D eigenvalue weighted by atomic mass is 35.5. The summed E-state index contributed by atoms with van der Waals surface area (Å²) in [5.41, 5.74) is 6.13. The average molecular weight is 333 g/mol. The van der Waals surface area contributed by atoms with E-state index in [9.17, 15) is 4.79 Å². The van der Waals surface area contributed by atoms with Gasteiger partial charge < -0.3 is 15.4 Å². The fraction of sp³-hybridized carbons (Fsp3) is 0.533. The second-order valence-electron chi connectivity index (χ2n) is 5.01. The molecule has 1 fully saturated rings. The van der Waals surface area contributed by atoms with E-state index in [-0.39, 0.29) is 24.4 Å². The van der Waals surface area contributed by atoms with Crippen LogP contribution < -0.4 is 5.73 Å². The standard InChI is InChI=1S/C15H21ClN2O2.ClH/c16-13-4-2-12(3-5-13)15(19)18-9-6-14(7-10-18)20-11-1-8-17;/h2-5,14H,1,6-11,17H2;1H. The number of hydrogen-bond donors (Lipinski definition) is 1. The summed E-state index contributed by atoms with van der Waals surface area (Å²) < 4.78 is 5.74. The van der Waals surface area contributed by atoms with E-state index < -0.39 is 0 Å². The lowest BCUT2D eigenvalue weighted by Gasteiger charge is -2.32. The molecule has 1 heterocycles. The fourth-order valence-corrected chi connectivity index (χ4v) is 2.46. The van der Waals surface area contributed by atoms with Crippen LogP contribution in [0.1, 0.15) is 29.6 Å². The van der Waals surface area contributed by atoms with Crippen molar-refractivity contribution in [3.63, 3.8) is 0 Å². The minimum Gasteiger partial charge on any atom is -0.378 e. The van der Waals surface area contributed by atoms with Crippen molar-refractivity contribution in [2.24, 2.45) is 5.73 Å². The average Bonchev–Trinajstić information content (AvgIpc) is 2.48. The SMILES string of the molecule is Cl.NCCCOC1CCN(C(=O)c2ccc(Cl)cc2)CC1. The molecular weight excluding hydrogens is 311 g/mol. The van der Waals surface area contributed by atoms with Gasteiger partial charge in [0.15, 0.2) is 0 Å². The van der Waals surface area contributed by atoms with Gasteiger partial charge in [-0.25, -0.2) is 0 Å². The van der Waals surface area contributed by atoms with Crippen LogP contribution in [0, 0.1) is 0 Å². The number of nitrogens with two attached hydrogens (primary N) is 1. The van der Waals surface area contributed by atoms with E-state index in [2.05, 4.69) is 0 Å². The minimum atomic E-state index is 0. The number of amides is 1. The van der Waals surface area contributed by atoms with Crippen LogP contribution in [0.2, 0.25) is 5.02 Å². The summed E-state index contributed by atoms with van der Waals surface area (Å²) in [6, 6.07) is 7.04. The van der Waals surface area contributed by atoms with E-state index in [4.69, 9.17) is 22.1 Å². The molecule has 2 N–H and O–H groups in total. The molecule has 21 heavy (non-hydrogen) atoms. The molecule has 0 atom stereocenters. The van der Waals surface area contributed by atoms with E-state index in [1.165, 1.54) is 0 Å². The number of likely N-dealkylation sites (tertiary alicyclic amines) is 1. The first-order valence-electron chi connectivity index (χ1n) is 7.07. The van der Waals surface area contributed by atoms with Crippen molar-refractivity contribution in [3.8, 4) is 0 Å². The van der Waals surface area contributed by atoms with Gasteiger partial charge in [0.05, 0.1) is 6.10 Å². The molecule has 0 bridgehead atoms. The predicted octanol–water partition coefficient (Wildman–Crippen LogP) is 2.73. The molecule has 118 valence electrons. The van der Waals surface area contributed by atoms with Gasteiger partial charge in [0.1, 0.15) is 0 Å². The fourth-order valence-electron chi connectivity index (χ4n) is 2.33. The van der Waals surface area contributed by atoms with Gasteiger partial charge >= 0.3 is 0 Å². The molecule has 0 aromatic heterocycles. The van der Waals surface area contributed by atoms with Crippen LogP contribution in [0.25, 0.3) is 0 Å². The lowest BCUT2D eigenvalue weighted by molar-refractivity contribution is 0.00845. The number of carbonyl (C=O) groups is 1. The Hall–Kier alpha value is -0.810. The van der Waals surface area contributed by atoms with Crippen molar-refractivity contribution >= 4 is 29.9 Å². The first-order chi connectivity index (χ1) is 9.70. The maximum absolute atomic E-state index is 12.3. The van der Waals surface area contributed by atoms with Crippen LogP contribution in [0.4, 0.5) is 0 Å². The Balaban J connectivity index is 0.00000220. The van der Waals surface area contributed by atoms with Gasteiger partial charge in [-0.2, -0.15) is 0 Å². The van der Waals surface area contributed by atoms with Gasteiger partial charge in [-0.1, -0.05) is 11.6 Å². The lowest BCUT2D eigenvalue weighted by Crippen LogP contribution is -2.41. The second-order valence-corrected chi connectivity index (χ2v) is 5.45. The molecule has 1 aliphatic heterocycles. The van der Waals surface area contributed by atoms with Crippen molar-refractivity contribution in [2.45, 2.75) is 25.4 Å². The molecule has 1 aliphatic rings. The minimum absolute atomic E-state index is 0. The number of rotatable bonds is 5. The smallest absolute Gasteiger partial charge is 0.253 e. The molecule has 0 aliphatic carbocycles. The number of ether oxygens (including phenoxy) is 1. The third-order valence-electron chi connectivity index (χ3n) is 3.52. The largest absolute Gasteiger partial charge is 0.378 e. The molecule has 1 amide bonds. The maximum atomic E-state index is 12.3. The maximum Gasteiger partial charge on any atom is 0.253 e. The summed E-state index contributed by atoms with van der Waals surface area (Å²) in [5, 5.41) is 0.647. The van der Waals surface area contributed by atoms with E-state index in [1.54, 1.807) is 24.3 Å². The summed E-state index contributed by atoms with van der Waals surface area (Å²) in [6.07, 6.45) is 2.94. The highest BCUT2D eigenvalue weighted by Crippen LogP contribution is 2.17. The molecule has 0 saturated carbocycles. The normalized spacial score (nSPS) is 15.6. The third-order valence-corrected chi connectivity index (χ3v) is 3.77. The van der Waals surface area contributed by atoms with E-state index >= 15 is 0 Å². The van der Waals surface area contributed by atoms with Gasteiger partial charge in [0.2, 0.25) is 0 Å². The van der Waals surface area contributed by atoms with E-state index in [1.807, 2.05) is 4.90 Å². The van der Waals surface area contributed by atoms with Gasteiger partial charge in [0, 0.05) is 30.3 Å². The Bertz CT molecular complexity index is 432. The summed E-state index contributed by atoms with van der Waals surface area (Å²) in [5.74, 6) is 0.0714. The van der Waals surface area contributed by atoms with Crippen molar-refractivity contribution in [1.29, 1.82) is 0 Å². The zero-order valence-electron chi connectivity index (χ0n) is 12.0. The van der Waals surface area contributed by atoms with Crippen LogP contribution in [0.5, 0.6) is 0 Å². The Kier molecular flexibility index (Phi) is 8.04. The molecular formula is C15H22Cl2N2O2. The Morgan fingerprint density at radius 1 is 1.29 bits per heavy atom.